The first-order valence-electron chi connectivity index (χ1n) is 8.56. The van der Waals surface area contributed by atoms with Crippen LogP contribution in [-0.4, -0.2) is 26.7 Å². The second-order valence-electron chi connectivity index (χ2n) is 6.16. The third-order valence-corrected chi connectivity index (χ3v) is 4.64. The first-order chi connectivity index (χ1) is 13.0. The Labute approximate surface area is 164 Å². The van der Waals surface area contributed by atoms with Gasteiger partial charge in [-0.2, -0.15) is 4.98 Å². The topological polar surface area (TPSA) is 90.0 Å². The Morgan fingerprint density at radius 2 is 2.04 bits per heavy atom. The van der Waals surface area contributed by atoms with Crippen LogP contribution in [-0.2, 0) is 11.3 Å². The third-order valence-electron chi connectivity index (χ3n) is 4.11. The molecule has 7 nitrogen and oxygen atoms in total. The zero-order valence-corrected chi connectivity index (χ0v) is 16.6. The average molecular weight is 431 g/mol. The van der Waals surface area contributed by atoms with Crippen LogP contribution >= 0.6 is 15.9 Å². The van der Waals surface area contributed by atoms with Crippen molar-refractivity contribution in [2.75, 3.05) is 0 Å². The number of benzene rings is 1. The van der Waals surface area contributed by atoms with Gasteiger partial charge in [-0.3, -0.25) is 9.59 Å². The summed E-state index contributed by atoms with van der Waals surface area (Å²) in [5.74, 6) is 0.293. The predicted octanol–water partition coefficient (Wildman–Crippen LogP) is 3.24. The number of carbonyl (C=O) groups is 1. The molecule has 0 unspecified atom stereocenters. The summed E-state index contributed by atoms with van der Waals surface area (Å²) in [6.07, 6.45) is 2.38. The fraction of sp³-hybridized carbons (Fsp3) is 0.263. The molecule has 0 saturated carbocycles. The molecule has 0 aliphatic rings. The number of amides is 1. The van der Waals surface area contributed by atoms with Gasteiger partial charge in [-0.1, -0.05) is 28.0 Å². The molecule has 0 bridgehead atoms. The van der Waals surface area contributed by atoms with Crippen LogP contribution in [0.2, 0.25) is 0 Å². The second-order valence-corrected chi connectivity index (χ2v) is 7.08. The zero-order valence-electron chi connectivity index (χ0n) is 15.0. The van der Waals surface area contributed by atoms with Gasteiger partial charge in [-0.15, -0.1) is 0 Å². The lowest BCUT2D eigenvalue weighted by Gasteiger charge is -2.12. The molecule has 0 aliphatic heterocycles. The molecule has 3 rings (SSSR count). The van der Waals surface area contributed by atoms with E-state index >= 15 is 0 Å². The molecule has 0 aliphatic carbocycles. The number of halogens is 1. The van der Waals surface area contributed by atoms with E-state index in [-0.39, 0.29) is 35.5 Å². The molecule has 2 heterocycles. The van der Waals surface area contributed by atoms with Crippen molar-refractivity contribution in [3.8, 4) is 22.8 Å². The maximum atomic E-state index is 12.7. The maximum Gasteiger partial charge on any atom is 0.263 e. The normalized spacial score (nSPS) is 12.0. The monoisotopic (exact) mass is 430 g/mol. The van der Waals surface area contributed by atoms with Crippen molar-refractivity contribution in [2.45, 2.75) is 32.9 Å². The quantitative estimate of drug-likeness (QED) is 0.647. The number of hydrogen-bond donors (Lipinski definition) is 1. The second kappa shape index (κ2) is 8.30. The molecule has 140 valence electrons. The molecule has 0 spiro atoms. The fourth-order valence-corrected chi connectivity index (χ4v) is 2.71. The van der Waals surface area contributed by atoms with Gasteiger partial charge in [0.05, 0.1) is 0 Å². The molecule has 1 N–H and O–H groups in total. The summed E-state index contributed by atoms with van der Waals surface area (Å²) in [7, 11) is 0. The highest BCUT2D eigenvalue weighted by Crippen LogP contribution is 2.21. The fourth-order valence-electron chi connectivity index (χ4n) is 2.45. The highest BCUT2D eigenvalue weighted by Gasteiger charge is 2.16. The number of carbonyl (C=O) groups excluding carboxylic acids is 1. The number of nitrogens with zero attached hydrogens (tertiary/aromatic N) is 3. The molecule has 3 aromatic rings. The number of hydrogen-bond acceptors (Lipinski definition) is 5. The van der Waals surface area contributed by atoms with Crippen molar-refractivity contribution >= 4 is 21.8 Å². The van der Waals surface area contributed by atoms with E-state index in [1.807, 2.05) is 38.1 Å². The smallest absolute Gasteiger partial charge is 0.263 e. The Hall–Kier alpha value is -2.74. The zero-order chi connectivity index (χ0) is 19.4. The Morgan fingerprint density at radius 3 is 2.74 bits per heavy atom. The molecule has 27 heavy (non-hydrogen) atoms. The Bertz CT molecular complexity index is 995. The Balaban J connectivity index is 1.85. The summed E-state index contributed by atoms with van der Waals surface area (Å²) >= 11 is 3.38. The van der Waals surface area contributed by atoms with Gasteiger partial charge in [0.15, 0.2) is 0 Å². The van der Waals surface area contributed by atoms with Crippen molar-refractivity contribution in [1.29, 1.82) is 0 Å². The number of aromatic nitrogens is 3. The Kier molecular flexibility index (Phi) is 5.85. The van der Waals surface area contributed by atoms with Crippen LogP contribution in [0.1, 0.15) is 20.3 Å². The van der Waals surface area contributed by atoms with Crippen LogP contribution in [0.3, 0.4) is 0 Å². The van der Waals surface area contributed by atoms with Gasteiger partial charge in [0.1, 0.15) is 12.1 Å². The van der Waals surface area contributed by atoms with Gasteiger partial charge in [-0.25, -0.2) is 0 Å². The summed E-state index contributed by atoms with van der Waals surface area (Å²) in [6.45, 7) is 3.83. The van der Waals surface area contributed by atoms with Gasteiger partial charge < -0.3 is 14.4 Å². The summed E-state index contributed by atoms with van der Waals surface area (Å²) in [4.78, 5) is 29.1. The minimum absolute atomic E-state index is 0.0563. The lowest BCUT2D eigenvalue weighted by atomic mass is 10.2. The molecule has 0 radical (unpaired) electrons. The van der Waals surface area contributed by atoms with Gasteiger partial charge in [-0.05, 0) is 49.7 Å². The van der Waals surface area contributed by atoms with E-state index in [0.29, 0.717) is 5.82 Å². The molecular weight excluding hydrogens is 412 g/mol. The van der Waals surface area contributed by atoms with Crippen molar-refractivity contribution in [3.63, 3.8) is 0 Å². The summed E-state index contributed by atoms with van der Waals surface area (Å²) in [5, 5.41) is 6.79. The molecule has 1 aromatic carbocycles. The van der Waals surface area contributed by atoms with Crippen LogP contribution in [0.25, 0.3) is 22.8 Å². The van der Waals surface area contributed by atoms with E-state index in [1.165, 1.54) is 4.57 Å². The minimum atomic E-state index is -0.359. The van der Waals surface area contributed by atoms with Crippen LogP contribution in [0.4, 0.5) is 0 Å². The molecule has 1 atom stereocenters. The van der Waals surface area contributed by atoms with Crippen LogP contribution in [0.15, 0.2) is 56.4 Å². The molecule has 0 fully saturated rings. The number of rotatable bonds is 6. The van der Waals surface area contributed by atoms with E-state index in [9.17, 15) is 9.59 Å². The summed E-state index contributed by atoms with van der Waals surface area (Å²) < 4.78 is 7.54. The maximum absolute atomic E-state index is 12.7. The number of pyridine rings is 1. The van der Waals surface area contributed by atoms with Crippen LogP contribution < -0.4 is 10.9 Å². The van der Waals surface area contributed by atoms with Crippen molar-refractivity contribution < 1.29 is 9.32 Å². The average Bonchev–Trinajstić information content (AvgIpc) is 3.13. The van der Waals surface area contributed by atoms with E-state index in [1.54, 1.807) is 18.3 Å². The van der Waals surface area contributed by atoms with Crippen molar-refractivity contribution in [2.24, 2.45) is 0 Å². The third kappa shape index (κ3) is 4.51. The van der Waals surface area contributed by atoms with Crippen LogP contribution in [0, 0.1) is 0 Å². The molecule has 2 aromatic heterocycles. The van der Waals surface area contributed by atoms with E-state index in [2.05, 4.69) is 31.4 Å². The minimum Gasteiger partial charge on any atom is -0.352 e. The lowest BCUT2D eigenvalue weighted by molar-refractivity contribution is -0.122. The lowest BCUT2D eigenvalue weighted by Crippen LogP contribution is -2.37. The summed E-state index contributed by atoms with van der Waals surface area (Å²) in [5.41, 5.74) is 0.671. The SMILES string of the molecule is CC[C@H](C)NC(=O)Cn1cccc(-c2nc(-c3ccc(Br)cc3)no2)c1=O. The molecule has 8 heteroatoms. The van der Waals surface area contributed by atoms with Crippen LogP contribution in [0.5, 0.6) is 0 Å². The van der Waals surface area contributed by atoms with Gasteiger partial charge in [0.25, 0.3) is 11.4 Å². The molecule has 1 amide bonds. The highest BCUT2D eigenvalue weighted by atomic mass is 79.9. The largest absolute Gasteiger partial charge is 0.352 e. The summed E-state index contributed by atoms with van der Waals surface area (Å²) in [6, 6.07) is 10.8. The number of nitrogens with one attached hydrogen (secondary N) is 1. The van der Waals surface area contributed by atoms with Crippen molar-refractivity contribution in [3.05, 3.63) is 57.4 Å². The van der Waals surface area contributed by atoms with Crippen molar-refractivity contribution in [1.82, 2.24) is 20.0 Å². The van der Waals surface area contributed by atoms with E-state index < -0.39 is 0 Å². The standard InChI is InChI=1S/C19H19BrN4O3/c1-3-12(2)21-16(25)11-24-10-4-5-15(19(24)26)18-22-17(23-27-18)13-6-8-14(20)9-7-13/h4-10,12H,3,11H2,1-2H3,(H,21,25)/t12-/m0/s1. The Morgan fingerprint density at radius 1 is 1.30 bits per heavy atom. The predicted molar refractivity (Wildman–Crippen MR) is 105 cm³/mol. The highest BCUT2D eigenvalue weighted by molar-refractivity contribution is 9.10. The van der Waals surface area contributed by atoms with E-state index in [4.69, 9.17) is 4.52 Å². The molecular formula is C19H19BrN4O3. The first kappa shape index (κ1) is 19.0. The van der Waals surface area contributed by atoms with Gasteiger partial charge in [0, 0.05) is 22.3 Å². The van der Waals surface area contributed by atoms with E-state index in [0.717, 1.165) is 16.5 Å². The molecule has 0 saturated heterocycles. The van der Waals surface area contributed by atoms with Gasteiger partial charge >= 0.3 is 0 Å². The first-order valence-corrected chi connectivity index (χ1v) is 9.36. The van der Waals surface area contributed by atoms with Gasteiger partial charge in [0.2, 0.25) is 11.7 Å².